The number of rotatable bonds is 3. The van der Waals surface area contributed by atoms with E-state index < -0.39 is 17.4 Å². The van der Waals surface area contributed by atoms with Crippen LogP contribution in [0, 0.1) is 11.6 Å². The Morgan fingerprint density at radius 3 is 2.77 bits per heavy atom. The van der Waals surface area contributed by atoms with Gasteiger partial charge < -0.3 is 9.47 Å². The van der Waals surface area contributed by atoms with Crippen LogP contribution in [0.2, 0.25) is 5.02 Å². The van der Waals surface area contributed by atoms with Gasteiger partial charge in [-0.15, -0.1) is 0 Å². The maximum atomic E-state index is 13.5. The first kappa shape index (κ1) is 14.5. The van der Waals surface area contributed by atoms with Gasteiger partial charge in [-0.1, -0.05) is 17.7 Å². The molecule has 22 heavy (non-hydrogen) atoms. The zero-order valence-corrected chi connectivity index (χ0v) is 11.9. The number of fused-ring (bicyclic) bond motifs is 1. The van der Waals surface area contributed by atoms with Crippen molar-refractivity contribution in [2.24, 2.45) is 0 Å². The highest BCUT2D eigenvalue weighted by Crippen LogP contribution is 2.40. The maximum Gasteiger partial charge on any atom is 0.231 e. The second-order valence-corrected chi connectivity index (χ2v) is 4.97. The van der Waals surface area contributed by atoms with E-state index in [2.05, 4.69) is 0 Å². The van der Waals surface area contributed by atoms with Crippen LogP contribution in [0.1, 0.15) is 15.9 Å². The molecule has 2 aromatic rings. The predicted octanol–water partition coefficient (Wildman–Crippen LogP) is 4.24. The molecule has 0 saturated heterocycles. The average Bonchev–Trinajstić information content (AvgIpc) is 2.93. The number of hydrogen-bond donors (Lipinski definition) is 0. The van der Waals surface area contributed by atoms with E-state index in [9.17, 15) is 13.6 Å². The molecule has 2 aromatic carbocycles. The molecule has 3 rings (SSSR count). The third kappa shape index (κ3) is 2.80. The van der Waals surface area contributed by atoms with Crippen LogP contribution in [-0.2, 0) is 0 Å². The van der Waals surface area contributed by atoms with E-state index in [-0.39, 0.29) is 12.4 Å². The number of allylic oxidation sites excluding steroid dienone is 1. The summed E-state index contributed by atoms with van der Waals surface area (Å²) in [4.78, 5) is 11.9. The Hall–Kier alpha value is -2.40. The zero-order chi connectivity index (χ0) is 15.7. The highest BCUT2D eigenvalue weighted by atomic mass is 35.5. The van der Waals surface area contributed by atoms with Crippen molar-refractivity contribution in [3.05, 3.63) is 64.2 Å². The Morgan fingerprint density at radius 1 is 1.18 bits per heavy atom. The van der Waals surface area contributed by atoms with Gasteiger partial charge in [0.2, 0.25) is 6.79 Å². The predicted molar refractivity (Wildman–Crippen MR) is 77.3 cm³/mol. The number of benzene rings is 2. The second kappa shape index (κ2) is 5.77. The molecule has 6 heteroatoms. The molecule has 0 fully saturated rings. The minimum atomic E-state index is -0.904. The van der Waals surface area contributed by atoms with Gasteiger partial charge in [-0.25, -0.2) is 8.78 Å². The van der Waals surface area contributed by atoms with Gasteiger partial charge in [0.15, 0.2) is 17.3 Å². The smallest absolute Gasteiger partial charge is 0.231 e. The molecule has 0 unspecified atom stereocenters. The first-order valence-corrected chi connectivity index (χ1v) is 6.69. The molecule has 0 atom stereocenters. The van der Waals surface area contributed by atoms with E-state index in [0.717, 1.165) is 12.1 Å². The molecule has 3 nitrogen and oxygen atoms in total. The minimum absolute atomic E-state index is 0.0853. The highest BCUT2D eigenvalue weighted by Gasteiger charge is 2.17. The number of carbonyl (C=O) groups is 1. The van der Waals surface area contributed by atoms with E-state index in [0.29, 0.717) is 28.2 Å². The van der Waals surface area contributed by atoms with Crippen LogP contribution in [-0.4, -0.2) is 12.6 Å². The van der Waals surface area contributed by atoms with Crippen molar-refractivity contribution in [1.29, 1.82) is 0 Å². The number of hydrogen-bond acceptors (Lipinski definition) is 3. The van der Waals surface area contributed by atoms with E-state index in [4.69, 9.17) is 21.1 Å². The molecule has 0 bridgehead atoms. The molecule has 112 valence electrons. The molecule has 0 N–H and O–H groups in total. The maximum absolute atomic E-state index is 13.5. The molecule has 0 aromatic heterocycles. The molecule has 1 aliphatic heterocycles. The summed E-state index contributed by atoms with van der Waals surface area (Å²) in [6.07, 6.45) is 2.66. The Bertz CT molecular complexity index is 787. The van der Waals surface area contributed by atoms with E-state index >= 15 is 0 Å². The highest BCUT2D eigenvalue weighted by molar-refractivity contribution is 6.32. The van der Waals surface area contributed by atoms with Crippen molar-refractivity contribution in [2.45, 2.75) is 0 Å². The largest absolute Gasteiger partial charge is 0.454 e. The van der Waals surface area contributed by atoms with Gasteiger partial charge in [0.25, 0.3) is 0 Å². The second-order valence-electron chi connectivity index (χ2n) is 4.56. The molecular weight excluding hydrogens is 314 g/mol. The van der Waals surface area contributed by atoms with Crippen LogP contribution < -0.4 is 9.47 Å². The third-order valence-electron chi connectivity index (χ3n) is 3.07. The lowest BCUT2D eigenvalue weighted by Gasteiger charge is -2.01. The van der Waals surface area contributed by atoms with Crippen molar-refractivity contribution in [3.63, 3.8) is 0 Å². The first-order valence-electron chi connectivity index (χ1n) is 6.31. The number of halogens is 3. The Balaban J connectivity index is 1.85. The average molecular weight is 323 g/mol. The van der Waals surface area contributed by atoms with Crippen LogP contribution >= 0.6 is 11.6 Å². The zero-order valence-electron chi connectivity index (χ0n) is 11.1. The van der Waals surface area contributed by atoms with Crippen LogP contribution in [0.25, 0.3) is 6.08 Å². The van der Waals surface area contributed by atoms with Crippen LogP contribution in [0.15, 0.2) is 36.4 Å². The summed E-state index contributed by atoms with van der Waals surface area (Å²) in [5, 5.41) is 0.357. The van der Waals surface area contributed by atoms with Crippen molar-refractivity contribution >= 4 is 23.5 Å². The summed E-state index contributed by atoms with van der Waals surface area (Å²) in [5.41, 5.74) is 0.398. The van der Waals surface area contributed by atoms with Gasteiger partial charge >= 0.3 is 0 Å². The minimum Gasteiger partial charge on any atom is -0.454 e. The van der Waals surface area contributed by atoms with Crippen LogP contribution in [0.5, 0.6) is 11.5 Å². The van der Waals surface area contributed by atoms with Crippen LogP contribution in [0.3, 0.4) is 0 Å². The van der Waals surface area contributed by atoms with Gasteiger partial charge in [0.05, 0.1) is 10.6 Å². The lowest BCUT2D eigenvalue weighted by Crippen LogP contribution is -1.99. The summed E-state index contributed by atoms with van der Waals surface area (Å²) < 4.78 is 36.7. The topological polar surface area (TPSA) is 35.5 Å². The summed E-state index contributed by atoms with van der Waals surface area (Å²) in [7, 11) is 0. The molecular formula is C16H9ClF2O3. The number of carbonyl (C=O) groups excluding carboxylic acids is 1. The summed E-state index contributed by atoms with van der Waals surface area (Å²) >= 11 is 6.02. The van der Waals surface area contributed by atoms with Crippen molar-refractivity contribution in [2.75, 3.05) is 6.79 Å². The van der Waals surface area contributed by atoms with E-state index in [1.807, 2.05) is 0 Å². The van der Waals surface area contributed by atoms with Crippen molar-refractivity contribution < 1.29 is 23.0 Å². The molecule has 0 saturated carbocycles. The standard InChI is InChI=1S/C16H9ClF2O3/c17-12-5-9(6-15-16(12)22-8-21-15)1-4-14(20)11-3-2-10(18)7-13(11)19/h1-7H,8H2/b4-1+. The Kier molecular flexibility index (Phi) is 3.81. The van der Waals surface area contributed by atoms with Gasteiger partial charge in [-0.2, -0.15) is 0 Å². The SMILES string of the molecule is O=C(/C=C/c1cc(Cl)c2c(c1)OCO2)c1ccc(F)cc1F. The van der Waals surface area contributed by atoms with Gasteiger partial charge in [0, 0.05) is 6.07 Å². The molecule has 0 aliphatic carbocycles. The summed E-state index contributed by atoms with van der Waals surface area (Å²) in [6, 6.07) is 6.04. The lowest BCUT2D eigenvalue weighted by molar-refractivity contribution is 0.104. The molecule has 1 heterocycles. The van der Waals surface area contributed by atoms with Gasteiger partial charge in [-0.05, 0) is 35.9 Å². The first-order chi connectivity index (χ1) is 10.5. The van der Waals surface area contributed by atoms with Gasteiger partial charge in [0.1, 0.15) is 11.6 Å². The lowest BCUT2D eigenvalue weighted by atomic mass is 10.1. The molecule has 0 radical (unpaired) electrons. The van der Waals surface area contributed by atoms with Crippen LogP contribution in [0.4, 0.5) is 8.78 Å². The third-order valence-corrected chi connectivity index (χ3v) is 3.35. The summed E-state index contributed by atoms with van der Waals surface area (Å²) in [6.45, 7) is 0.0853. The van der Waals surface area contributed by atoms with Crippen molar-refractivity contribution in [1.82, 2.24) is 0 Å². The van der Waals surface area contributed by atoms with E-state index in [1.54, 1.807) is 12.1 Å². The number of ether oxygens (including phenoxy) is 2. The number of ketones is 1. The van der Waals surface area contributed by atoms with Crippen molar-refractivity contribution in [3.8, 4) is 11.5 Å². The normalized spacial score (nSPS) is 12.9. The Morgan fingerprint density at radius 2 is 2.00 bits per heavy atom. The molecule has 1 aliphatic rings. The fraction of sp³-hybridized carbons (Fsp3) is 0.0625. The van der Waals surface area contributed by atoms with Gasteiger partial charge in [-0.3, -0.25) is 4.79 Å². The monoisotopic (exact) mass is 322 g/mol. The fourth-order valence-corrected chi connectivity index (χ4v) is 2.31. The molecule has 0 amide bonds. The Labute approximate surface area is 129 Å². The fourth-order valence-electron chi connectivity index (χ4n) is 2.03. The van der Waals surface area contributed by atoms with E-state index in [1.165, 1.54) is 12.2 Å². The molecule has 0 spiro atoms. The summed E-state index contributed by atoms with van der Waals surface area (Å²) in [5.74, 6) is -1.28. The quantitative estimate of drug-likeness (QED) is 0.626.